The second-order valence-electron chi connectivity index (χ2n) is 8.26. The van der Waals surface area contributed by atoms with Gasteiger partial charge in [-0.1, -0.05) is 6.42 Å². The Morgan fingerprint density at radius 3 is 2.33 bits per heavy atom. The van der Waals surface area contributed by atoms with Crippen molar-refractivity contribution in [2.24, 2.45) is 11.8 Å². The third-order valence-electron chi connectivity index (χ3n) is 5.93. The molecule has 0 aromatic rings. The van der Waals surface area contributed by atoms with Crippen molar-refractivity contribution in [1.29, 1.82) is 0 Å². The number of amides is 2. The molecule has 1 N–H and O–H groups in total. The van der Waals surface area contributed by atoms with Gasteiger partial charge in [-0.3, -0.25) is 14.5 Å². The van der Waals surface area contributed by atoms with Crippen molar-refractivity contribution in [3.05, 3.63) is 0 Å². The quantitative estimate of drug-likeness (QED) is 0.784. The van der Waals surface area contributed by atoms with Gasteiger partial charge in [0.25, 0.3) is 0 Å². The zero-order chi connectivity index (χ0) is 20.2. The lowest BCUT2D eigenvalue weighted by molar-refractivity contribution is -0.184. The topological polar surface area (TPSA) is 52.7 Å². The van der Waals surface area contributed by atoms with Crippen LogP contribution in [0.3, 0.4) is 0 Å². The molecule has 1 aliphatic heterocycles. The average molecular weight is 391 g/mol. The van der Waals surface area contributed by atoms with Crippen LogP contribution in [0.1, 0.15) is 52.4 Å². The van der Waals surface area contributed by atoms with Crippen LogP contribution in [-0.2, 0) is 9.59 Å². The minimum atomic E-state index is -4.18. The number of hydrogen-bond acceptors (Lipinski definition) is 3. The molecule has 5 nitrogen and oxygen atoms in total. The number of rotatable bonds is 5. The van der Waals surface area contributed by atoms with Gasteiger partial charge < -0.3 is 10.2 Å². The van der Waals surface area contributed by atoms with Gasteiger partial charge in [0.2, 0.25) is 11.8 Å². The number of alkyl halides is 3. The highest BCUT2D eigenvalue weighted by atomic mass is 19.4. The van der Waals surface area contributed by atoms with Crippen LogP contribution in [0.4, 0.5) is 13.2 Å². The van der Waals surface area contributed by atoms with Crippen LogP contribution in [0.2, 0.25) is 0 Å². The van der Waals surface area contributed by atoms with E-state index in [0.29, 0.717) is 38.8 Å². The number of hydrogen-bond donors (Lipinski definition) is 1. The van der Waals surface area contributed by atoms with Gasteiger partial charge in [0.1, 0.15) is 0 Å². The number of nitrogens with one attached hydrogen (secondary N) is 1. The molecule has 8 heteroatoms. The van der Waals surface area contributed by atoms with E-state index in [0.717, 1.165) is 0 Å². The van der Waals surface area contributed by atoms with E-state index in [-0.39, 0.29) is 43.2 Å². The molecule has 0 aromatic carbocycles. The van der Waals surface area contributed by atoms with Gasteiger partial charge in [0.15, 0.2) is 0 Å². The molecule has 2 unspecified atom stereocenters. The summed E-state index contributed by atoms with van der Waals surface area (Å²) in [5, 5.41) is 2.78. The second kappa shape index (κ2) is 9.26. The maximum atomic E-state index is 12.9. The molecule has 0 radical (unpaired) electrons. The predicted octanol–water partition coefficient (Wildman–Crippen LogP) is 2.80. The first-order valence-corrected chi connectivity index (χ1v) is 9.93. The molecule has 1 heterocycles. The summed E-state index contributed by atoms with van der Waals surface area (Å²) in [4.78, 5) is 28.4. The summed E-state index contributed by atoms with van der Waals surface area (Å²) in [6.45, 7) is 5.46. The normalized spacial score (nSPS) is 25.4. The highest BCUT2D eigenvalue weighted by Crippen LogP contribution is 2.37. The molecule has 27 heavy (non-hydrogen) atoms. The number of carbonyl (C=O) groups excluding carboxylic acids is 2. The summed E-state index contributed by atoms with van der Waals surface area (Å²) in [6.07, 6.45) is -1.52. The molecular weight excluding hydrogens is 359 g/mol. The molecule has 2 amide bonds. The third kappa shape index (κ3) is 6.36. The van der Waals surface area contributed by atoms with Crippen LogP contribution in [0.15, 0.2) is 0 Å². The summed E-state index contributed by atoms with van der Waals surface area (Å²) >= 11 is 0. The van der Waals surface area contributed by atoms with Crippen molar-refractivity contribution < 1.29 is 22.8 Å². The van der Waals surface area contributed by atoms with Gasteiger partial charge >= 0.3 is 6.18 Å². The van der Waals surface area contributed by atoms with E-state index in [1.54, 1.807) is 4.90 Å². The maximum Gasteiger partial charge on any atom is 0.391 e. The van der Waals surface area contributed by atoms with Crippen molar-refractivity contribution in [3.63, 3.8) is 0 Å². The molecule has 0 spiro atoms. The summed E-state index contributed by atoms with van der Waals surface area (Å²) < 4.78 is 38.6. The van der Waals surface area contributed by atoms with Crippen molar-refractivity contribution in [3.8, 4) is 0 Å². The van der Waals surface area contributed by atoms with Crippen LogP contribution in [-0.4, -0.2) is 66.6 Å². The van der Waals surface area contributed by atoms with Gasteiger partial charge in [0.05, 0.1) is 12.5 Å². The zero-order valence-electron chi connectivity index (χ0n) is 16.5. The fourth-order valence-electron chi connectivity index (χ4n) is 3.98. The lowest BCUT2D eigenvalue weighted by Crippen LogP contribution is -2.48. The van der Waals surface area contributed by atoms with Crippen LogP contribution >= 0.6 is 0 Å². The third-order valence-corrected chi connectivity index (χ3v) is 5.93. The molecule has 1 aliphatic carbocycles. The van der Waals surface area contributed by atoms with E-state index in [1.165, 1.54) is 0 Å². The number of nitrogens with zero attached hydrogens (tertiary/aromatic N) is 2. The second-order valence-corrected chi connectivity index (χ2v) is 8.26. The molecule has 2 aliphatic rings. The molecule has 156 valence electrons. The van der Waals surface area contributed by atoms with E-state index in [1.807, 2.05) is 25.8 Å². The SMILES string of the molecule is CC(C)N(C)C(=O)C1CCN(CC(=O)NC2CCCC(C(F)(F)F)C2)CC1. The summed E-state index contributed by atoms with van der Waals surface area (Å²) in [5.41, 5.74) is 0. The smallest absolute Gasteiger partial charge is 0.352 e. The van der Waals surface area contributed by atoms with Crippen molar-refractivity contribution in [2.45, 2.75) is 70.6 Å². The number of carbonyl (C=O) groups is 2. The molecule has 2 atom stereocenters. The van der Waals surface area contributed by atoms with E-state index < -0.39 is 18.1 Å². The monoisotopic (exact) mass is 391 g/mol. The Morgan fingerprint density at radius 2 is 1.78 bits per heavy atom. The summed E-state index contributed by atoms with van der Waals surface area (Å²) in [6, 6.07) is -0.228. The van der Waals surface area contributed by atoms with Crippen molar-refractivity contribution in [2.75, 3.05) is 26.7 Å². The van der Waals surface area contributed by atoms with Crippen LogP contribution in [0.25, 0.3) is 0 Å². The lowest BCUT2D eigenvalue weighted by atomic mass is 9.85. The van der Waals surface area contributed by atoms with Crippen molar-refractivity contribution in [1.82, 2.24) is 15.1 Å². The lowest BCUT2D eigenvalue weighted by Gasteiger charge is -2.35. The Balaban J connectivity index is 1.74. The Bertz CT molecular complexity index is 517. The van der Waals surface area contributed by atoms with Gasteiger partial charge in [-0.05, 0) is 59.0 Å². The fourth-order valence-corrected chi connectivity index (χ4v) is 3.98. The van der Waals surface area contributed by atoms with E-state index in [4.69, 9.17) is 0 Å². The van der Waals surface area contributed by atoms with Crippen LogP contribution in [0, 0.1) is 11.8 Å². The Hall–Kier alpha value is -1.31. The molecule has 2 rings (SSSR count). The van der Waals surface area contributed by atoms with E-state index in [2.05, 4.69) is 5.32 Å². The van der Waals surface area contributed by atoms with Gasteiger partial charge in [-0.2, -0.15) is 13.2 Å². The molecule has 1 saturated carbocycles. The summed E-state index contributed by atoms with van der Waals surface area (Å²) in [7, 11) is 1.81. The zero-order valence-corrected chi connectivity index (χ0v) is 16.5. The number of halogens is 3. The van der Waals surface area contributed by atoms with Crippen LogP contribution < -0.4 is 5.32 Å². The highest BCUT2D eigenvalue weighted by Gasteiger charge is 2.42. The molecule has 0 aromatic heterocycles. The number of likely N-dealkylation sites (tertiary alicyclic amines) is 1. The first-order chi connectivity index (χ1) is 12.6. The molecule has 2 fully saturated rings. The van der Waals surface area contributed by atoms with E-state index >= 15 is 0 Å². The molecule has 1 saturated heterocycles. The standard InChI is InChI=1S/C19H32F3N3O2/c1-13(2)24(3)18(27)14-7-9-25(10-8-14)12-17(26)23-16-6-4-5-15(11-16)19(20,21)22/h13-16H,4-12H2,1-3H3,(H,23,26). The van der Waals surface area contributed by atoms with Gasteiger partial charge in [0, 0.05) is 25.0 Å². The average Bonchev–Trinajstić information content (AvgIpc) is 2.60. The minimum absolute atomic E-state index is 0.0115. The first kappa shape index (κ1) is 22.0. The Morgan fingerprint density at radius 1 is 1.15 bits per heavy atom. The van der Waals surface area contributed by atoms with E-state index in [9.17, 15) is 22.8 Å². The van der Waals surface area contributed by atoms with Gasteiger partial charge in [-0.15, -0.1) is 0 Å². The Kier molecular flexibility index (Phi) is 7.54. The van der Waals surface area contributed by atoms with Crippen LogP contribution in [0.5, 0.6) is 0 Å². The summed E-state index contributed by atoms with van der Waals surface area (Å²) in [5.74, 6) is -1.39. The first-order valence-electron chi connectivity index (χ1n) is 9.93. The largest absolute Gasteiger partial charge is 0.391 e. The van der Waals surface area contributed by atoms with Crippen molar-refractivity contribution >= 4 is 11.8 Å². The predicted molar refractivity (Wildman–Crippen MR) is 97.0 cm³/mol. The fraction of sp³-hybridized carbons (Fsp3) is 0.895. The minimum Gasteiger partial charge on any atom is -0.352 e. The van der Waals surface area contributed by atoms with Gasteiger partial charge in [-0.25, -0.2) is 0 Å². The molecular formula is C19H32F3N3O2. The highest BCUT2D eigenvalue weighted by molar-refractivity contribution is 5.79. The molecule has 0 bridgehead atoms. The maximum absolute atomic E-state index is 12.9. The number of piperidine rings is 1. The Labute approximate surface area is 159 Å².